The van der Waals surface area contributed by atoms with Crippen LogP contribution in [-0.4, -0.2) is 32.3 Å². The molecule has 0 aliphatic carbocycles. The van der Waals surface area contributed by atoms with E-state index in [2.05, 4.69) is 4.98 Å². The molecule has 0 amide bonds. The molecule has 4 rings (SSSR count). The highest BCUT2D eigenvalue weighted by atomic mass is 16.5. The normalized spacial score (nSPS) is 12.0. The maximum atomic E-state index is 12.2. The van der Waals surface area contributed by atoms with Crippen LogP contribution >= 0.6 is 0 Å². The molecule has 2 heterocycles. The number of furan rings is 1. The number of benzene rings is 2. The summed E-state index contributed by atoms with van der Waals surface area (Å²) in [4.78, 5) is 16.6. The standard InChI is InChI=1S/C22H17N3O5/c1-25-18-5-3-2-4-17(18)24-22(25)16(10-23)19(27)12-30-21(28)8-13-11-29-20-9-14(26)6-7-15(13)20/h2-7,9,11,26-27H,8,12H2,1H3/b19-16-. The lowest BCUT2D eigenvalue weighted by atomic mass is 10.1. The van der Waals surface area contributed by atoms with Gasteiger partial charge in [0, 0.05) is 24.1 Å². The van der Waals surface area contributed by atoms with Gasteiger partial charge in [0.15, 0.2) is 11.6 Å². The van der Waals surface area contributed by atoms with Crippen LogP contribution in [0.3, 0.4) is 0 Å². The number of nitrogens with zero attached hydrogens (tertiary/aromatic N) is 3. The Balaban J connectivity index is 1.51. The van der Waals surface area contributed by atoms with Crippen LogP contribution in [0.2, 0.25) is 0 Å². The SMILES string of the molecule is Cn1c(/C(C#N)=C(\O)COC(=O)Cc2coc3cc(O)ccc23)nc2ccccc21. The van der Waals surface area contributed by atoms with Crippen LogP contribution in [0.15, 0.2) is 58.9 Å². The van der Waals surface area contributed by atoms with Crippen LogP contribution in [0.1, 0.15) is 11.4 Å². The highest BCUT2D eigenvalue weighted by Crippen LogP contribution is 2.26. The number of aliphatic hydroxyl groups is 1. The Morgan fingerprint density at radius 1 is 1.30 bits per heavy atom. The Hall–Kier alpha value is -4.25. The monoisotopic (exact) mass is 403 g/mol. The first-order valence-corrected chi connectivity index (χ1v) is 9.06. The smallest absolute Gasteiger partial charge is 0.310 e. The molecule has 8 heteroatoms. The molecule has 8 nitrogen and oxygen atoms in total. The molecular formula is C22H17N3O5. The molecule has 0 radical (unpaired) electrons. The van der Waals surface area contributed by atoms with Crippen molar-refractivity contribution in [1.29, 1.82) is 5.26 Å². The second-order valence-corrected chi connectivity index (χ2v) is 6.70. The number of carbonyl (C=O) groups is 1. The minimum absolute atomic E-state index is 0.0621. The average Bonchev–Trinajstić information content (AvgIpc) is 3.28. The number of para-hydroxylation sites is 2. The summed E-state index contributed by atoms with van der Waals surface area (Å²) in [6.07, 6.45) is 1.33. The van der Waals surface area contributed by atoms with Gasteiger partial charge >= 0.3 is 5.97 Å². The Bertz CT molecular complexity index is 1340. The van der Waals surface area contributed by atoms with Gasteiger partial charge in [-0.3, -0.25) is 4.79 Å². The zero-order valence-corrected chi connectivity index (χ0v) is 16.0. The zero-order chi connectivity index (χ0) is 21.3. The first kappa shape index (κ1) is 19.1. The molecule has 0 aliphatic rings. The highest BCUT2D eigenvalue weighted by Gasteiger charge is 2.18. The molecule has 0 atom stereocenters. The number of aromatic nitrogens is 2. The van der Waals surface area contributed by atoms with Gasteiger partial charge in [-0.25, -0.2) is 4.98 Å². The fourth-order valence-electron chi connectivity index (χ4n) is 3.25. The summed E-state index contributed by atoms with van der Waals surface area (Å²) in [7, 11) is 1.74. The topological polar surface area (TPSA) is 122 Å². The molecule has 0 unspecified atom stereocenters. The van der Waals surface area contributed by atoms with Crippen LogP contribution in [0, 0.1) is 11.3 Å². The van der Waals surface area contributed by atoms with Gasteiger partial charge in [-0.2, -0.15) is 5.26 Å². The van der Waals surface area contributed by atoms with Crippen molar-refractivity contribution in [1.82, 2.24) is 9.55 Å². The summed E-state index contributed by atoms with van der Waals surface area (Å²) < 4.78 is 12.2. The number of carbonyl (C=O) groups excluding carboxylic acids is 1. The Morgan fingerprint density at radius 3 is 2.87 bits per heavy atom. The number of esters is 1. The predicted molar refractivity (Wildman–Crippen MR) is 108 cm³/mol. The number of hydrogen-bond acceptors (Lipinski definition) is 7. The fourth-order valence-corrected chi connectivity index (χ4v) is 3.25. The molecule has 0 saturated carbocycles. The van der Waals surface area contributed by atoms with E-state index in [1.807, 2.05) is 24.3 Å². The predicted octanol–water partition coefficient (Wildman–Crippen LogP) is 3.60. The molecule has 30 heavy (non-hydrogen) atoms. The number of nitriles is 1. The van der Waals surface area contributed by atoms with Gasteiger partial charge in [0.05, 0.1) is 23.7 Å². The molecule has 2 N–H and O–H groups in total. The van der Waals surface area contributed by atoms with Crippen LogP contribution < -0.4 is 0 Å². The van der Waals surface area contributed by atoms with Crippen molar-refractivity contribution in [3.63, 3.8) is 0 Å². The Kier molecular flexibility index (Phi) is 4.86. The van der Waals surface area contributed by atoms with E-state index in [1.165, 1.54) is 18.4 Å². The van der Waals surface area contributed by atoms with E-state index < -0.39 is 12.6 Å². The number of ether oxygens (including phenoxy) is 1. The van der Waals surface area contributed by atoms with E-state index in [9.17, 15) is 20.3 Å². The quantitative estimate of drug-likeness (QED) is 0.297. The first-order chi connectivity index (χ1) is 14.5. The zero-order valence-electron chi connectivity index (χ0n) is 16.0. The van der Waals surface area contributed by atoms with Crippen molar-refractivity contribution in [2.24, 2.45) is 7.05 Å². The number of aryl methyl sites for hydroxylation is 1. The number of fused-ring (bicyclic) bond motifs is 2. The minimum atomic E-state index is -0.598. The van der Waals surface area contributed by atoms with Crippen molar-refractivity contribution in [2.75, 3.05) is 6.61 Å². The maximum absolute atomic E-state index is 12.2. The third kappa shape index (κ3) is 3.44. The third-order valence-corrected chi connectivity index (χ3v) is 4.76. The van der Waals surface area contributed by atoms with Crippen LogP contribution in [0.4, 0.5) is 0 Å². The lowest BCUT2D eigenvalue weighted by molar-refractivity contribution is -0.142. The number of allylic oxidation sites excluding steroid dienone is 1. The van der Waals surface area contributed by atoms with Crippen LogP contribution in [0.5, 0.6) is 5.75 Å². The van der Waals surface area contributed by atoms with E-state index >= 15 is 0 Å². The van der Waals surface area contributed by atoms with Crippen LogP contribution in [-0.2, 0) is 23.0 Å². The summed E-state index contributed by atoms with van der Waals surface area (Å²) >= 11 is 0. The van der Waals surface area contributed by atoms with Gasteiger partial charge in [0.2, 0.25) is 0 Å². The summed E-state index contributed by atoms with van der Waals surface area (Å²) in [5.74, 6) is -0.634. The number of hydrogen-bond donors (Lipinski definition) is 2. The number of aliphatic hydroxyl groups excluding tert-OH is 1. The summed E-state index contributed by atoms with van der Waals surface area (Å²) in [5.41, 5.74) is 2.47. The molecular weight excluding hydrogens is 386 g/mol. The van der Waals surface area contributed by atoms with Gasteiger partial charge in [-0.15, -0.1) is 0 Å². The van der Waals surface area contributed by atoms with E-state index in [0.717, 1.165) is 5.52 Å². The van der Waals surface area contributed by atoms with Gasteiger partial charge in [-0.05, 0) is 24.3 Å². The molecule has 0 bridgehead atoms. The lowest BCUT2D eigenvalue weighted by Crippen LogP contribution is -2.11. The van der Waals surface area contributed by atoms with Crippen LogP contribution in [0.25, 0.3) is 27.6 Å². The molecule has 4 aromatic rings. The molecule has 0 spiro atoms. The number of phenolic OH excluding ortho intramolecular Hbond substituents is 1. The van der Waals surface area contributed by atoms with Gasteiger partial charge < -0.3 is 23.9 Å². The summed E-state index contributed by atoms with van der Waals surface area (Å²) in [5, 5.41) is 30.1. The van der Waals surface area contributed by atoms with Crippen molar-refractivity contribution in [2.45, 2.75) is 6.42 Å². The van der Waals surface area contributed by atoms with E-state index in [0.29, 0.717) is 22.0 Å². The van der Waals surface area contributed by atoms with Gasteiger partial charge in [0.1, 0.15) is 29.6 Å². The van der Waals surface area contributed by atoms with Gasteiger partial charge in [0.25, 0.3) is 0 Å². The van der Waals surface area contributed by atoms with Crippen molar-refractivity contribution in [3.8, 4) is 11.8 Å². The number of rotatable bonds is 5. The lowest BCUT2D eigenvalue weighted by Gasteiger charge is -2.07. The highest BCUT2D eigenvalue weighted by molar-refractivity contribution is 5.87. The molecule has 150 valence electrons. The molecule has 2 aromatic heterocycles. The second kappa shape index (κ2) is 7.64. The molecule has 2 aromatic carbocycles. The third-order valence-electron chi connectivity index (χ3n) is 4.76. The molecule has 0 saturated heterocycles. The largest absolute Gasteiger partial charge is 0.508 e. The minimum Gasteiger partial charge on any atom is -0.508 e. The number of phenols is 1. The Labute approximate surface area is 170 Å². The molecule has 0 aliphatic heterocycles. The number of aromatic hydroxyl groups is 1. The fraction of sp³-hybridized carbons (Fsp3) is 0.136. The van der Waals surface area contributed by atoms with E-state index in [4.69, 9.17) is 9.15 Å². The van der Waals surface area contributed by atoms with Gasteiger partial charge in [-0.1, -0.05) is 12.1 Å². The average molecular weight is 403 g/mol. The van der Waals surface area contributed by atoms with E-state index in [1.54, 1.807) is 23.7 Å². The molecule has 0 fully saturated rings. The van der Waals surface area contributed by atoms with Crippen molar-refractivity contribution in [3.05, 3.63) is 65.9 Å². The number of imidazole rings is 1. The van der Waals surface area contributed by atoms with E-state index in [-0.39, 0.29) is 29.3 Å². The maximum Gasteiger partial charge on any atom is 0.310 e. The van der Waals surface area contributed by atoms with Crippen molar-refractivity contribution < 1.29 is 24.2 Å². The first-order valence-electron chi connectivity index (χ1n) is 9.06. The Morgan fingerprint density at radius 2 is 2.10 bits per heavy atom. The second-order valence-electron chi connectivity index (χ2n) is 6.70. The summed E-state index contributed by atoms with van der Waals surface area (Å²) in [6, 6.07) is 13.9. The van der Waals surface area contributed by atoms with Crippen molar-refractivity contribution >= 4 is 33.5 Å². The summed E-state index contributed by atoms with van der Waals surface area (Å²) in [6.45, 7) is -0.457.